The lowest BCUT2D eigenvalue weighted by atomic mass is 10.1. The third kappa shape index (κ3) is 4.71. The number of hydrogen-bond acceptors (Lipinski definition) is 5. The van der Waals surface area contributed by atoms with Crippen LogP contribution in [0.25, 0.3) is 0 Å². The topological polar surface area (TPSA) is 66.9 Å². The number of nitrogens with one attached hydrogen (secondary N) is 1. The van der Waals surface area contributed by atoms with E-state index in [0.717, 1.165) is 70.0 Å². The lowest BCUT2D eigenvalue weighted by molar-refractivity contribution is -0.0377. The molecule has 0 unspecified atom stereocenters. The van der Waals surface area contributed by atoms with Crippen LogP contribution < -0.4 is 10.2 Å². The Kier molecular flexibility index (Phi) is 6.09. The minimum atomic E-state index is -0.0407. The lowest BCUT2D eigenvalue weighted by Gasteiger charge is -2.32. The van der Waals surface area contributed by atoms with E-state index in [1.807, 2.05) is 17.0 Å². The van der Waals surface area contributed by atoms with Gasteiger partial charge >= 0.3 is 6.03 Å². The fourth-order valence-corrected chi connectivity index (χ4v) is 4.11. The van der Waals surface area contributed by atoms with E-state index in [9.17, 15) is 4.79 Å². The predicted octanol–water partition coefficient (Wildman–Crippen LogP) is 2.87. The van der Waals surface area contributed by atoms with Crippen molar-refractivity contribution in [2.75, 3.05) is 49.6 Å². The van der Waals surface area contributed by atoms with Gasteiger partial charge in [-0.15, -0.1) is 0 Å². The molecule has 3 fully saturated rings. The molecule has 4 heterocycles. The van der Waals surface area contributed by atoms with Crippen LogP contribution in [0.5, 0.6) is 0 Å². The van der Waals surface area contributed by atoms with E-state index < -0.39 is 0 Å². The summed E-state index contributed by atoms with van der Waals surface area (Å²) in [4.78, 5) is 21.3. The molecule has 3 aliphatic rings. The summed E-state index contributed by atoms with van der Waals surface area (Å²) >= 11 is 0. The standard InChI is InChI=1S/C20H30N4O3/c25-20(22-18-6-3-9-21-19(18)23-10-1-2-11-23)24-12-7-16(8-13-24)27-15-17-5-4-14-26-17/h3,6,9,16-17H,1-2,4-5,7-8,10-15H2,(H,22,25)/t17-/m0/s1. The number of hydrogen-bond donors (Lipinski definition) is 1. The van der Waals surface area contributed by atoms with Crippen molar-refractivity contribution in [3.05, 3.63) is 18.3 Å². The normalized spacial score (nSPS) is 23.8. The average Bonchev–Trinajstić information content (AvgIpc) is 3.41. The van der Waals surface area contributed by atoms with Gasteiger partial charge < -0.3 is 24.6 Å². The van der Waals surface area contributed by atoms with Crippen LogP contribution in [-0.4, -0.2) is 67.5 Å². The minimum absolute atomic E-state index is 0.0407. The third-order valence-corrected chi connectivity index (χ3v) is 5.70. The molecule has 3 saturated heterocycles. The van der Waals surface area contributed by atoms with Crippen molar-refractivity contribution in [2.45, 2.75) is 50.7 Å². The van der Waals surface area contributed by atoms with Gasteiger partial charge in [-0.05, 0) is 50.7 Å². The average molecular weight is 374 g/mol. The Morgan fingerprint density at radius 3 is 2.74 bits per heavy atom. The van der Waals surface area contributed by atoms with Gasteiger partial charge in [-0.25, -0.2) is 9.78 Å². The number of nitrogens with zero attached hydrogens (tertiary/aromatic N) is 3. The number of urea groups is 1. The molecule has 0 aliphatic carbocycles. The molecule has 2 amide bonds. The van der Waals surface area contributed by atoms with Crippen LogP contribution in [0.3, 0.4) is 0 Å². The summed E-state index contributed by atoms with van der Waals surface area (Å²) in [6.45, 7) is 5.01. The second kappa shape index (κ2) is 8.89. The lowest BCUT2D eigenvalue weighted by Crippen LogP contribution is -2.43. The van der Waals surface area contributed by atoms with Crippen LogP contribution in [-0.2, 0) is 9.47 Å². The number of likely N-dealkylation sites (tertiary alicyclic amines) is 1. The van der Waals surface area contributed by atoms with E-state index in [1.54, 1.807) is 6.20 Å². The van der Waals surface area contributed by atoms with Gasteiger partial charge in [-0.3, -0.25) is 0 Å². The molecular weight excluding hydrogens is 344 g/mol. The zero-order chi connectivity index (χ0) is 18.5. The first kappa shape index (κ1) is 18.5. The van der Waals surface area contributed by atoms with Crippen molar-refractivity contribution in [3.63, 3.8) is 0 Å². The second-order valence-electron chi connectivity index (χ2n) is 7.65. The number of carbonyl (C=O) groups excluding carboxylic acids is 1. The molecule has 1 aromatic rings. The van der Waals surface area contributed by atoms with E-state index >= 15 is 0 Å². The van der Waals surface area contributed by atoms with Crippen LogP contribution >= 0.6 is 0 Å². The van der Waals surface area contributed by atoms with E-state index in [2.05, 4.69) is 15.2 Å². The maximum Gasteiger partial charge on any atom is 0.321 e. The zero-order valence-electron chi connectivity index (χ0n) is 15.9. The number of carbonyl (C=O) groups is 1. The first-order valence-corrected chi connectivity index (χ1v) is 10.3. The first-order valence-electron chi connectivity index (χ1n) is 10.3. The van der Waals surface area contributed by atoms with Gasteiger partial charge in [-0.2, -0.15) is 0 Å². The molecule has 1 atom stereocenters. The Bertz CT molecular complexity index is 621. The number of piperidine rings is 1. The summed E-state index contributed by atoms with van der Waals surface area (Å²) in [5.41, 5.74) is 0.807. The van der Waals surface area contributed by atoms with Gasteiger partial charge in [0.2, 0.25) is 0 Å². The summed E-state index contributed by atoms with van der Waals surface area (Å²) in [7, 11) is 0. The van der Waals surface area contributed by atoms with Crippen LogP contribution in [0.4, 0.5) is 16.3 Å². The van der Waals surface area contributed by atoms with Crippen LogP contribution in [0.1, 0.15) is 38.5 Å². The van der Waals surface area contributed by atoms with Gasteiger partial charge in [0, 0.05) is 39.0 Å². The van der Waals surface area contributed by atoms with E-state index in [4.69, 9.17) is 9.47 Å². The van der Waals surface area contributed by atoms with Gasteiger partial charge in [-0.1, -0.05) is 0 Å². The number of rotatable bonds is 5. The van der Waals surface area contributed by atoms with Crippen LogP contribution in [0, 0.1) is 0 Å². The Hall–Kier alpha value is -1.86. The SMILES string of the molecule is O=C(Nc1cccnc1N1CCCC1)N1CCC(OC[C@@H]2CCCO2)CC1. The highest BCUT2D eigenvalue weighted by Gasteiger charge is 2.26. The Morgan fingerprint density at radius 1 is 1.19 bits per heavy atom. The largest absolute Gasteiger partial charge is 0.376 e. The van der Waals surface area contributed by atoms with Crippen molar-refractivity contribution in [3.8, 4) is 0 Å². The van der Waals surface area contributed by atoms with Crippen molar-refractivity contribution < 1.29 is 14.3 Å². The highest BCUT2D eigenvalue weighted by molar-refractivity contribution is 5.92. The molecule has 0 radical (unpaired) electrons. The predicted molar refractivity (Wildman–Crippen MR) is 104 cm³/mol. The highest BCUT2D eigenvalue weighted by atomic mass is 16.5. The zero-order valence-corrected chi connectivity index (χ0v) is 15.9. The molecule has 0 spiro atoms. The summed E-state index contributed by atoms with van der Waals surface area (Å²) in [5.74, 6) is 0.887. The number of ether oxygens (including phenoxy) is 2. The fraction of sp³-hybridized carbons (Fsp3) is 0.700. The number of pyridine rings is 1. The molecule has 3 aliphatic heterocycles. The van der Waals surface area contributed by atoms with Crippen LogP contribution in [0.15, 0.2) is 18.3 Å². The molecule has 1 N–H and O–H groups in total. The molecule has 0 bridgehead atoms. The molecule has 27 heavy (non-hydrogen) atoms. The molecule has 4 rings (SSSR count). The maximum absolute atomic E-state index is 12.7. The monoisotopic (exact) mass is 374 g/mol. The Balaban J connectivity index is 1.26. The first-order chi connectivity index (χ1) is 13.3. The number of aromatic nitrogens is 1. The Morgan fingerprint density at radius 2 is 2.00 bits per heavy atom. The molecular formula is C20H30N4O3. The van der Waals surface area contributed by atoms with Gasteiger partial charge in [0.25, 0.3) is 0 Å². The van der Waals surface area contributed by atoms with E-state index in [-0.39, 0.29) is 18.2 Å². The summed E-state index contributed by atoms with van der Waals surface area (Å²) in [6.07, 6.45) is 8.66. The fourth-order valence-electron chi connectivity index (χ4n) is 4.11. The Labute approximate surface area is 161 Å². The van der Waals surface area contributed by atoms with E-state index in [0.29, 0.717) is 6.61 Å². The molecule has 0 aromatic carbocycles. The summed E-state index contributed by atoms with van der Waals surface area (Å²) in [6, 6.07) is 3.78. The molecule has 1 aromatic heterocycles. The highest BCUT2D eigenvalue weighted by Crippen LogP contribution is 2.27. The number of anilines is 2. The van der Waals surface area contributed by atoms with Gasteiger partial charge in [0.05, 0.1) is 24.5 Å². The minimum Gasteiger partial charge on any atom is -0.376 e. The van der Waals surface area contributed by atoms with Crippen molar-refractivity contribution in [1.29, 1.82) is 0 Å². The second-order valence-corrected chi connectivity index (χ2v) is 7.65. The van der Waals surface area contributed by atoms with Crippen molar-refractivity contribution >= 4 is 17.5 Å². The molecule has 148 valence electrons. The maximum atomic E-state index is 12.7. The summed E-state index contributed by atoms with van der Waals surface area (Å²) < 4.78 is 11.6. The van der Waals surface area contributed by atoms with Gasteiger partial charge in [0.1, 0.15) is 0 Å². The van der Waals surface area contributed by atoms with E-state index in [1.165, 1.54) is 12.8 Å². The smallest absolute Gasteiger partial charge is 0.321 e. The quantitative estimate of drug-likeness (QED) is 0.858. The molecule has 0 saturated carbocycles. The van der Waals surface area contributed by atoms with Crippen molar-refractivity contribution in [2.24, 2.45) is 0 Å². The van der Waals surface area contributed by atoms with Crippen molar-refractivity contribution in [1.82, 2.24) is 9.88 Å². The number of amides is 2. The molecule has 7 heteroatoms. The third-order valence-electron chi connectivity index (χ3n) is 5.70. The summed E-state index contributed by atoms with van der Waals surface area (Å²) in [5, 5.41) is 3.07. The van der Waals surface area contributed by atoms with Gasteiger partial charge in [0.15, 0.2) is 5.82 Å². The molecule has 7 nitrogen and oxygen atoms in total. The van der Waals surface area contributed by atoms with Crippen LogP contribution in [0.2, 0.25) is 0 Å².